The molecule has 0 bridgehead atoms. The van der Waals surface area contributed by atoms with Crippen LogP contribution in [0.25, 0.3) is 0 Å². The molecule has 38 heavy (non-hydrogen) atoms. The van der Waals surface area contributed by atoms with Crippen molar-refractivity contribution in [3.05, 3.63) is 120 Å². The van der Waals surface area contributed by atoms with E-state index >= 15 is 0 Å². The average Bonchev–Trinajstić information content (AvgIpc) is 2.91. The first-order valence-corrected chi connectivity index (χ1v) is 17.3. The van der Waals surface area contributed by atoms with Crippen molar-refractivity contribution >= 4 is 41.4 Å². The number of hydrogen-bond donors (Lipinski definition) is 0. The standard InChI is InChI=1S/C28H28N2O4S4/c1-23-13-17-27(18-14-23)37(31,32)29-35(25-9-5-3-6-10-25)21-22-36(26-11-7-4-8-12-26)30-38(33,34)28-19-15-24(2)16-20-28/h3-20H,21-22H2,1-2H3/t35-,36+. The van der Waals surface area contributed by atoms with Crippen molar-refractivity contribution in [2.75, 3.05) is 11.5 Å². The van der Waals surface area contributed by atoms with Gasteiger partial charge >= 0.3 is 0 Å². The number of sulfonamides is 2. The van der Waals surface area contributed by atoms with Gasteiger partial charge in [-0.25, -0.2) is 0 Å². The van der Waals surface area contributed by atoms with Gasteiger partial charge in [-0.1, -0.05) is 71.8 Å². The van der Waals surface area contributed by atoms with Gasteiger partial charge in [0.05, 0.1) is 9.79 Å². The van der Waals surface area contributed by atoms with E-state index in [1.54, 1.807) is 48.5 Å². The summed E-state index contributed by atoms with van der Waals surface area (Å²) in [5.74, 6) is 0.639. The average molecular weight is 585 g/mol. The van der Waals surface area contributed by atoms with Crippen molar-refractivity contribution in [2.45, 2.75) is 33.4 Å². The van der Waals surface area contributed by atoms with Crippen LogP contribution in [-0.4, -0.2) is 28.3 Å². The quantitative estimate of drug-likeness (QED) is 0.238. The first kappa shape index (κ1) is 28.1. The van der Waals surface area contributed by atoms with Gasteiger partial charge in [0.25, 0.3) is 20.0 Å². The molecule has 0 saturated heterocycles. The summed E-state index contributed by atoms with van der Waals surface area (Å²) >= 11 is 0. The van der Waals surface area contributed by atoms with Crippen molar-refractivity contribution in [1.82, 2.24) is 0 Å². The Morgan fingerprint density at radius 3 is 1.13 bits per heavy atom. The Balaban J connectivity index is 1.74. The highest BCUT2D eigenvalue weighted by molar-refractivity contribution is 8.02. The summed E-state index contributed by atoms with van der Waals surface area (Å²) in [4.78, 5) is 1.79. The highest BCUT2D eigenvalue weighted by Crippen LogP contribution is 2.21. The number of hydrogen-bond acceptors (Lipinski definition) is 4. The number of aryl methyl sites for hydroxylation is 2. The summed E-state index contributed by atoms with van der Waals surface area (Å²) < 4.78 is 61.5. The van der Waals surface area contributed by atoms with Crippen LogP contribution in [0.15, 0.2) is 136 Å². The third-order valence-corrected chi connectivity index (χ3v) is 13.3. The molecule has 0 fully saturated rings. The van der Waals surface area contributed by atoms with Crippen LogP contribution < -0.4 is 0 Å². The van der Waals surface area contributed by atoms with Crippen molar-refractivity contribution < 1.29 is 16.8 Å². The zero-order valence-electron chi connectivity index (χ0n) is 21.0. The van der Waals surface area contributed by atoms with E-state index in [1.165, 1.54) is 0 Å². The molecule has 2 atom stereocenters. The number of rotatable bonds is 9. The summed E-state index contributed by atoms with van der Waals surface area (Å²) in [7, 11) is -9.94. The molecule has 0 aliphatic carbocycles. The fraction of sp³-hybridized carbons (Fsp3) is 0.143. The Hall–Kier alpha value is -2.92. The summed E-state index contributed by atoms with van der Waals surface area (Å²) in [5, 5.41) is 0. The second-order valence-electron chi connectivity index (χ2n) is 8.49. The first-order chi connectivity index (χ1) is 18.1. The van der Waals surface area contributed by atoms with Gasteiger partial charge in [-0.15, -0.1) is 7.54 Å². The molecule has 198 valence electrons. The van der Waals surface area contributed by atoms with Gasteiger partial charge in [-0.05, 0) is 83.8 Å². The molecule has 0 aliphatic heterocycles. The van der Waals surface area contributed by atoms with E-state index in [2.05, 4.69) is 7.54 Å². The van der Waals surface area contributed by atoms with Crippen molar-refractivity contribution in [3.8, 4) is 0 Å². The largest absolute Gasteiger partial charge is 0.288 e. The molecule has 0 radical (unpaired) electrons. The first-order valence-electron chi connectivity index (χ1n) is 11.8. The predicted molar refractivity (Wildman–Crippen MR) is 155 cm³/mol. The van der Waals surface area contributed by atoms with E-state index in [0.29, 0.717) is 11.5 Å². The van der Waals surface area contributed by atoms with Gasteiger partial charge < -0.3 is 0 Å². The topological polar surface area (TPSA) is 93.0 Å². The predicted octanol–water partition coefficient (Wildman–Crippen LogP) is 6.10. The molecule has 0 unspecified atom stereocenters. The van der Waals surface area contributed by atoms with E-state index in [9.17, 15) is 16.8 Å². The summed E-state index contributed by atoms with van der Waals surface area (Å²) in [6.45, 7) is 3.78. The minimum atomic E-state index is -3.93. The number of nitrogens with zero attached hydrogens (tertiary/aromatic N) is 2. The van der Waals surface area contributed by atoms with Gasteiger partial charge in [-0.3, -0.25) is 0 Å². The van der Waals surface area contributed by atoms with E-state index in [4.69, 9.17) is 0 Å². The van der Waals surface area contributed by atoms with Crippen LogP contribution in [0.4, 0.5) is 0 Å². The molecule has 0 amide bonds. The summed E-state index contributed by atoms with van der Waals surface area (Å²) in [6, 6.07) is 31.6. The van der Waals surface area contributed by atoms with E-state index in [1.807, 2.05) is 74.5 Å². The Morgan fingerprint density at radius 2 is 0.816 bits per heavy atom. The maximum atomic E-state index is 13.2. The van der Waals surface area contributed by atoms with Crippen LogP contribution in [0.5, 0.6) is 0 Å². The summed E-state index contributed by atoms with van der Waals surface area (Å²) in [5.41, 5.74) is 1.91. The van der Waals surface area contributed by atoms with E-state index in [0.717, 1.165) is 20.9 Å². The Labute approximate surface area is 230 Å². The van der Waals surface area contributed by atoms with E-state index in [-0.39, 0.29) is 9.79 Å². The van der Waals surface area contributed by atoms with Crippen LogP contribution in [-0.2, 0) is 41.4 Å². The molecule has 0 saturated carbocycles. The van der Waals surface area contributed by atoms with Crippen molar-refractivity contribution in [3.63, 3.8) is 0 Å². The zero-order chi connectivity index (χ0) is 27.2. The van der Waals surface area contributed by atoms with Crippen LogP contribution in [0, 0.1) is 13.8 Å². The lowest BCUT2D eigenvalue weighted by Gasteiger charge is -2.12. The lowest BCUT2D eigenvalue weighted by molar-refractivity contribution is 0.596. The second kappa shape index (κ2) is 12.3. The fourth-order valence-corrected chi connectivity index (χ4v) is 11.0. The molecular weight excluding hydrogens is 557 g/mol. The third-order valence-electron chi connectivity index (χ3n) is 5.51. The third kappa shape index (κ3) is 7.35. The van der Waals surface area contributed by atoms with Crippen LogP contribution >= 0.6 is 0 Å². The molecule has 0 aromatic heterocycles. The molecule has 4 aromatic carbocycles. The van der Waals surface area contributed by atoms with Gasteiger partial charge in [0, 0.05) is 21.3 Å². The molecule has 0 heterocycles. The normalized spacial score (nSPS) is 13.8. The maximum absolute atomic E-state index is 13.2. The maximum Gasteiger partial charge on any atom is 0.288 e. The minimum Gasteiger partial charge on any atom is -0.199 e. The van der Waals surface area contributed by atoms with Crippen LogP contribution in [0.2, 0.25) is 0 Å². The Kier molecular flexibility index (Phi) is 9.09. The molecule has 0 spiro atoms. The van der Waals surface area contributed by atoms with Crippen LogP contribution in [0.1, 0.15) is 11.1 Å². The van der Waals surface area contributed by atoms with Crippen molar-refractivity contribution in [2.24, 2.45) is 7.54 Å². The number of benzene rings is 4. The lowest BCUT2D eigenvalue weighted by Crippen LogP contribution is -2.12. The minimum absolute atomic E-state index is 0.130. The molecule has 10 heteroatoms. The Bertz CT molecular complexity index is 1540. The Morgan fingerprint density at radius 1 is 0.500 bits per heavy atom. The highest BCUT2D eigenvalue weighted by Gasteiger charge is 2.18. The SMILES string of the molecule is Cc1ccc(S(=O)(=O)/N=[S@@](\CC/[S@@](=N\S(=O)(=O)c2ccc(C)cc2)c2ccccc2)c2ccccc2)cc1. The molecule has 0 aliphatic rings. The van der Waals surface area contributed by atoms with Crippen molar-refractivity contribution in [1.29, 1.82) is 0 Å². The van der Waals surface area contributed by atoms with Gasteiger partial charge in [0.15, 0.2) is 0 Å². The van der Waals surface area contributed by atoms with Gasteiger partial charge in [-0.2, -0.15) is 16.8 Å². The molecule has 0 N–H and O–H groups in total. The van der Waals surface area contributed by atoms with E-state index < -0.39 is 41.4 Å². The molecule has 6 nitrogen and oxygen atoms in total. The lowest BCUT2D eigenvalue weighted by atomic mass is 10.2. The fourth-order valence-electron chi connectivity index (χ4n) is 3.45. The zero-order valence-corrected chi connectivity index (χ0v) is 24.2. The van der Waals surface area contributed by atoms with Crippen LogP contribution in [0.3, 0.4) is 0 Å². The van der Waals surface area contributed by atoms with Gasteiger partial charge in [0.1, 0.15) is 0 Å². The monoisotopic (exact) mass is 584 g/mol. The molecule has 4 aromatic rings. The molecular formula is C28H28N2O4S4. The molecule has 4 rings (SSSR count). The highest BCUT2D eigenvalue weighted by atomic mass is 32.3. The summed E-state index contributed by atoms with van der Waals surface area (Å²) in [6.07, 6.45) is 0. The smallest absolute Gasteiger partial charge is 0.199 e. The van der Waals surface area contributed by atoms with Gasteiger partial charge in [0.2, 0.25) is 0 Å². The second-order valence-corrected chi connectivity index (χ2v) is 15.7.